The molecule has 0 spiro atoms. The third-order valence-corrected chi connectivity index (χ3v) is 5.10. The fraction of sp³-hybridized carbons (Fsp3) is 0.167. The van der Waals surface area contributed by atoms with Gasteiger partial charge < -0.3 is 15.5 Å². The standard InChI is InChI=1S/C24H23N3O3/c28-18-7-5-6-16(14-18)17-11-12-19-21(26-27-22(19)15-17)9-3-4-13-25-24(30)20-8-1-2-10-23(20)29/h1-2,5-8,10-12,14-15,28-29H,3-4,9,13H2,(H,25,30)(H,26,27). The molecule has 0 atom stereocenters. The van der Waals surface area contributed by atoms with Crippen LogP contribution in [0.3, 0.4) is 0 Å². The smallest absolute Gasteiger partial charge is 0.255 e. The highest BCUT2D eigenvalue weighted by molar-refractivity contribution is 5.96. The third kappa shape index (κ3) is 4.27. The summed E-state index contributed by atoms with van der Waals surface area (Å²) in [6.07, 6.45) is 2.54. The van der Waals surface area contributed by atoms with E-state index in [1.807, 2.05) is 30.3 Å². The van der Waals surface area contributed by atoms with Gasteiger partial charge in [-0.05, 0) is 60.7 Å². The Morgan fingerprint density at radius 2 is 1.77 bits per heavy atom. The minimum atomic E-state index is -0.264. The lowest BCUT2D eigenvalue weighted by molar-refractivity contribution is 0.0950. The number of phenols is 2. The fourth-order valence-corrected chi connectivity index (χ4v) is 3.51. The first-order valence-electron chi connectivity index (χ1n) is 9.94. The number of amides is 1. The van der Waals surface area contributed by atoms with Crippen LogP contribution in [-0.4, -0.2) is 32.9 Å². The quantitative estimate of drug-likeness (QED) is 0.345. The molecule has 4 aromatic rings. The van der Waals surface area contributed by atoms with Crippen molar-refractivity contribution in [2.24, 2.45) is 0 Å². The predicted molar refractivity (Wildman–Crippen MR) is 117 cm³/mol. The van der Waals surface area contributed by atoms with E-state index in [4.69, 9.17) is 0 Å². The topological polar surface area (TPSA) is 98.2 Å². The number of para-hydroxylation sites is 1. The number of H-pyrrole nitrogens is 1. The number of phenolic OH excluding ortho intramolecular Hbond substituents is 2. The molecule has 6 nitrogen and oxygen atoms in total. The lowest BCUT2D eigenvalue weighted by Crippen LogP contribution is -2.24. The van der Waals surface area contributed by atoms with Gasteiger partial charge in [0.05, 0.1) is 11.1 Å². The van der Waals surface area contributed by atoms with E-state index in [1.165, 1.54) is 6.07 Å². The molecular weight excluding hydrogens is 378 g/mol. The van der Waals surface area contributed by atoms with Gasteiger partial charge in [-0.1, -0.05) is 36.4 Å². The summed E-state index contributed by atoms with van der Waals surface area (Å²) in [4.78, 5) is 12.1. The van der Waals surface area contributed by atoms with Gasteiger partial charge in [0, 0.05) is 17.6 Å². The highest BCUT2D eigenvalue weighted by Crippen LogP contribution is 2.27. The van der Waals surface area contributed by atoms with Crippen molar-refractivity contribution in [2.45, 2.75) is 19.3 Å². The van der Waals surface area contributed by atoms with Crippen LogP contribution >= 0.6 is 0 Å². The number of carbonyl (C=O) groups excluding carboxylic acids is 1. The van der Waals surface area contributed by atoms with Crippen molar-refractivity contribution in [3.8, 4) is 22.6 Å². The highest BCUT2D eigenvalue weighted by Gasteiger charge is 2.10. The molecule has 0 radical (unpaired) electrons. The summed E-state index contributed by atoms with van der Waals surface area (Å²) in [6.45, 7) is 0.543. The maximum atomic E-state index is 12.1. The minimum Gasteiger partial charge on any atom is -0.508 e. The largest absolute Gasteiger partial charge is 0.508 e. The number of hydrogen-bond donors (Lipinski definition) is 4. The maximum Gasteiger partial charge on any atom is 0.255 e. The molecule has 1 heterocycles. The first-order chi connectivity index (χ1) is 14.6. The number of aromatic hydroxyl groups is 2. The number of unbranched alkanes of at least 4 members (excludes halogenated alkanes) is 1. The zero-order chi connectivity index (χ0) is 20.9. The van der Waals surface area contributed by atoms with Crippen LogP contribution < -0.4 is 5.32 Å². The number of carbonyl (C=O) groups is 1. The average Bonchev–Trinajstić information content (AvgIpc) is 3.16. The van der Waals surface area contributed by atoms with Crippen molar-refractivity contribution < 1.29 is 15.0 Å². The van der Waals surface area contributed by atoms with Crippen LogP contribution in [0.15, 0.2) is 66.7 Å². The second-order valence-electron chi connectivity index (χ2n) is 7.21. The lowest BCUT2D eigenvalue weighted by atomic mass is 10.0. The van der Waals surface area contributed by atoms with E-state index in [0.717, 1.165) is 47.0 Å². The Hall–Kier alpha value is -3.80. The number of nitrogens with one attached hydrogen (secondary N) is 2. The Labute approximate surface area is 174 Å². The summed E-state index contributed by atoms with van der Waals surface area (Å²) in [7, 11) is 0. The normalized spacial score (nSPS) is 10.9. The molecule has 30 heavy (non-hydrogen) atoms. The van der Waals surface area contributed by atoms with E-state index < -0.39 is 0 Å². The first-order valence-corrected chi connectivity index (χ1v) is 9.94. The highest BCUT2D eigenvalue weighted by atomic mass is 16.3. The number of rotatable bonds is 7. The molecule has 0 fully saturated rings. The molecule has 0 aliphatic rings. The molecule has 1 amide bonds. The van der Waals surface area contributed by atoms with Gasteiger partial charge in [0.25, 0.3) is 5.91 Å². The molecule has 0 aliphatic carbocycles. The monoisotopic (exact) mass is 401 g/mol. The van der Waals surface area contributed by atoms with Crippen molar-refractivity contribution in [3.05, 3.63) is 78.0 Å². The summed E-state index contributed by atoms with van der Waals surface area (Å²) in [5, 5.41) is 30.9. The summed E-state index contributed by atoms with van der Waals surface area (Å²) in [6, 6.07) is 19.8. The zero-order valence-corrected chi connectivity index (χ0v) is 16.4. The predicted octanol–water partition coefficient (Wildman–Crippen LogP) is 4.39. The van der Waals surface area contributed by atoms with Gasteiger partial charge in [-0.3, -0.25) is 9.89 Å². The zero-order valence-electron chi connectivity index (χ0n) is 16.4. The first kappa shape index (κ1) is 19.5. The van der Waals surface area contributed by atoms with Crippen molar-refractivity contribution in [2.75, 3.05) is 6.54 Å². The van der Waals surface area contributed by atoms with Crippen molar-refractivity contribution in [3.63, 3.8) is 0 Å². The number of aryl methyl sites for hydroxylation is 1. The van der Waals surface area contributed by atoms with Gasteiger partial charge in [0.1, 0.15) is 11.5 Å². The second kappa shape index (κ2) is 8.69. The Kier molecular flexibility index (Phi) is 5.66. The number of fused-ring (bicyclic) bond motifs is 1. The van der Waals surface area contributed by atoms with Gasteiger partial charge in [0.15, 0.2) is 0 Å². The fourth-order valence-electron chi connectivity index (χ4n) is 3.51. The van der Waals surface area contributed by atoms with E-state index in [9.17, 15) is 15.0 Å². The van der Waals surface area contributed by atoms with Crippen LogP contribution in [0.25, 0.3) is 22.0 Å². The van der Waals surface area contributed by atoms with Crippen LogP contribution in [-0.2, 0) is 6.42 Å². The number of benzene rings is 3. The maximum absolute atomic E-state index is 12.1. The molecule has 4 rings (SSSR count). The molecular formula is C24H23N3O3. The van der Waals surface area contributed by atoms with Crippen LogP contribution in [0.5, 0.6) is 11.5 Å². The summed E-state index contributed by atoms with van der Waals surface area (Å²) < 4.78 is 0. The Morgan fingerprint density at radius 1 is 0.933 bits per heavy atom. The van der Waals surface area contributed by atoms with Gasteiger partial charge in [-0.15, -0.1) is 0 Å². The van der Waals surface area contributed by atoms with Crippen LogP contribution in [0.2, 0.25) is 0 Å². The van der Waals surface area contributed by atoms with Crippen molar-refractivity contribution in [1.29, 1.82) is 0 Å². The molecule has 1 aromatic heterocycles. The molecule has 0 aliphatic heterocycles. The van der Waals surface area contributed by atoms with Crippen LogP contribution in [0, 0.1) is 0 Å². The number of hydrogen-bond acceptors (Lipinski definition) is 4. The SMILES string of the molecule is O=C(NCCCCc1[nH]nc2cc(-c3cccc(O)c3)ccc12)c1ccccc1O. The molecule has 4 N–H and O–H groups in total. The van der Waals surface area contributed by atoms with E-state index in [2.05, 4.69) is 15.5 Å². The number of nitrogens with zero attached hydrogens (tertiary/aromatic N) is 1. The van der Waals surface area contributed by atoms with Gasteiger partial charge in [0.2, 0.25) is 0 Å². The van der Waals surface area contributed by atoms with Crippen molar-refractivity contribution >= 4 is 16.8 Å². The molecule has 0 saturated carbocycles. The van der Waals surface area contributed by atoms with Crippen LogP contribution in [0.4, 0.5) is 0 Å². The lowest BCUT2D eigenvalue weighted by Gasteiger charge is -2.06. The van der Waals surface area contributed by atoms with E-state index >= 15 is 0 Å². The summed E-state index contributed by atoms with van der Waals surface area (Å²) >= 11 is 0. The summed E-state index contributed by atoms with van der Waals surface area (Å²) in [5.41, 5.74) is 4.20. The molecule has 0 unspecified atom stereocenters. The molecule has 3 aromatic carbocycles. The number of aromatic amines is 1. The van der Waals surface area contributed by atoms with Gasteiger partial charge >= 0.3 is 0 Å². The Bertz CT molecular complexity index is 1180. The molecule has 0 bridgehead atoms. The molecule has 6 heteroatoms. The third-order valence-electron chi connectivity index (χ3n) is 5.10. The Balaban J connectivity index is 1.32. The minimum absolute atomic E-state index is 0.0102. The summed E-state index contributed by atoms with van der Waals surface area (Å²) in [5.74, 6) is -0.0338. The average molecular weight is 401 g/mol. The van der Waals surface area contributed by atoms with Gasteiger partial charge in [-0.25, -0.2) is 0 Å². The van der Waals surface area contributed by atoms with E-state index in [-0.39, 0.29) is 17.4 Å². The number of aromatic nitrogens is 2. The van der Waals surface area contributed by atoms with Crippen molar-refractivity contribution in [1.82, 2.24) is 15.5 Å². The molecule has 0 saturated heterocycles. The van der Waals surface area contributed by atoms with E-state index in [1.54, 1.807) is 30.3 Å². The molecule has 152 valence electrons. The Morgan fingerprint density at radius 3 is 2.60 bits per heavy atom. The van der Waals surface area contributed by atoms with E-state index in [0.29, 0.717) is 12.1 Å². The van der Waals surface area contributed by atoms with Gasteiger partial charge in [-0.2, -0.15) is 5.10 Å². The van der Waals surface area contributed by atoms with Crippen LogP contribution in [0.1, 0.15) is 28.9 Å². The second-order valence-corrected chi connectivity index (χ2v) is 7.21.